The van der Waals surface area contributed by atoms with Crippen molar-refractivity contribution in [2.75, 3.05) is 13.2 Å². The van der Waals surface area contributed by atoms with Crippen LogP contribution in [0.5, 0.6) is 0 Å². The zero-order valence-electron chi connectivity index (χ0n) is 47.0. The molecule has 6 nitrogen and oxygen atoms in total. The number of ether oxygens (including phenoxy) is 3. The summed E-state index contributed by atoms with van der Waals surface area (Å²) in [5.41, 5.74) is 0. The van der Waals surface area contributed by atoms with Gasteiger partial charge in [0, 0.05) is 19.3 Å². The first-order chi connectivity index (χ1) is 35.0. The number of hydrogen-bond acceptors (Lipinski definition) is 6. The van der Waals surface area contributed by atoms with Crippen molar-refractivity contribution in [2.45, 2.75) is 309 Å². The molecule has 71 heavy (non-hydrogen) atoms. The van der Waals surface area contributed by atoms with E-state index in [1.54, 1.807) is 0 Å². The molecule has 0 radical (unpaired) electrons. The Balaban J connectivity index is 4.31. The van der Waals surface area contributed by atoms with Crippen LogP contribution in [0.2, 0.25) is 0 Å². The highest BCUT2D eigenvalue weighted by Crippen LogP contribution is 2.17. The van der Waals surface area contributed by atoms with Gasteiger partial charge < -0.3 is 14.2 Å². The summed E-state index contributed by atoms with van der Waals surface area (Å²) < 4.78 is 16.8. The van der Waals surface area contributed by atoms with Crippen molar-refractivity contribution < 1.29 is 28.6 Å². The second-order valence-corrected chi connectivity index (χ2v) is 20.2. The maximum absolute atomic E-state index is 12.8. The van der Waals surface area contributed by atoms with Crippen molar-refractivity contribution in [1.82, 2.24) is 0 Å². The van der Waals surface area contributed by atoms with E-state index in [2.05, 4.69) is 87.6 Å². The second-order valence-electron chi connectivity index (χ2n) is 20.2. The number of esters is 3. The van der Waals surface area contributed by atoms with Gasteiger partial charge >= 0.3 is 17.9 Å². The van der Waals surface area contributed by atoms with Crippen molar-refractivity contribution in [3.05, 3.63) is 72.9 Å². The van der Waals surface area contributed by atoms with Gasteiger partial charge in [-0.05, 0) is 57.8 Å². The number of carbonyl (C=O) groups excluding carboxylic acids is 3. The molecule has 0 N–H and O–H groups in total. The number of hydrogen-bond donors (Lipinski definition) is 0. The van der Waals surface area contributed by atoms with Crippen LogP contribution in [0.3, 0.4) is 0 Å². The molecule has 0 aromatic heterocycles. The van der Waals surface area contributed by atoms with Gasteiger partial charge in [-0.25, -0.2) is 0 Å². The van der Waals surface area contributed by atoms with Crippen LogP contribution in [-0.2, 0) is 28.6 Å². The predicted octanol–water partition coefficient (Wildman–Crippen LogP) is 20.5. The first-order valence-electron chi connectivity index (χ1n) is 30.4. The van der Waals surface area contributed by atoms with Gasteiger partial charge in [0.25, 0.3) is 0 Å². The molecule has 0 heterocycles. The minimum atomic E-state index is -0.812. The average Bonchev–Trinajstić information content (AvgIpc) is 3.37. The average molecular weight is 992 g/mol. The molecule has 0 aromatic rings. The molecule has 0 saturated carbocycles. The van der Waals surface area contributed by atoms with Crippen molar-refractivity contribution in [3.63, 3.8) is 0 Å². The molecule has 0 rings (SSSR count). The minimum absolute atomic E-state index is 0.102. The molecule has 1 atom stereocenters. The third-order valence-corrected chi connectivity index (χ3v) is 13.2. The number of allylic oxidation sites excluding steroid dienone is 12. The second kappa shape index (κ2) is 59.4. The Morgan fingerprint density at radius 3 is 0.831 bits per heavy atom. The molecule has 0 aliphatic rings. The fraction of sp³-hybridized carbons (Fsp3) is 0.769. The first-order valence-corrected chi connectivity index (χ1v) is 30.4. The molecule has 0 spiro atoms. The number of carbonyl (C=O) groups is 3. The third kappa shape index (κ3) is 57.6. The van der Waals surface area contributed by atoms with E-state index in [1.165, 1.54) is 180 Å². The number of unbranched alkanes of at least 4 members (excludes halogenated alkanes) is 32. The van der Waals surface area contributed by atoms with E-state index in [4.69, 9.17) is 14.2 Å². The smallest absolute Gasteiger partial charge is 0.306 e. The van der Waals surface area contributed by atoms with E-state index in [9.17, 15) is 14.4 Å². The largest absolute Gasteiger partial charge is 0.462 e. The van der Waals surface area contributed by atoms with Crippen LogP contribution in [0.4, 0.5) is 0 Å². The van der Waals surface area contributed by atoms with Crippen LogP contribution in [0.15, 0.2) is 72.9 Å². The van der Waals surface area contributed by atoms with Gasteiger partial charge in [-0.2, -0.15) is 0 Å². The van der Waals surface area contributed by atoms with Crippen molar-refractivity contribution >= 4 is 17.9 Å². The van der Waals surface area contributed by atoms with Crippen molar-refractivity contribution in [3.8, 4) is 0 Å². The van der Waals surface area contributed by atoms with Crippen LogP contribution in [0.1, 0.15) is 303 Å². The highest BCUT2D eigenvalue weighted by Gasteiger charge is 2.19. The molecule has 1 unspecified atom stereocenters. The van der Waals surface area contributed by atoms with E-state index >= 15 is 0 Å². The maximum Gasteiger partial charge on any atom is 0.306 e. The lowest BCUT2D eigenvalue weighted by Gasteiger charge is -2.18. The molecule has 0 bridgehead atoms. The number of rotatable bonds is 55. The van der Waals surface area contributed by atoms with Crippen molar-refractivity contribution in [1.29, 1.82) is 0 Å². The maximum atomic E-state index is 12.8. The fourth-order valence-corrected chi connectivity index (χ4v) is 8.71. The highest BCUT2D eigenvalue weighted by molar-refractivity contribution is 5.71. The van der Waals surface area contributed by atoms with Gasteiger partial charge in [0.05, 0.1) is 0 Å². The van der Waals surface area contributed by atoms with Gasteiger partial charge in [0.2, 0.25) is 0 Å². The Morgan fingerprint density at radius 1 is 0.296 bits per heavy atom. The summed E-state index contributed by atoms with van der Waals surface area (Å²) in [5.74, 6) is -0.976. The molecule has 0 aliphatic carbocycles. The molecular formula is C65H114O6. The lowest BCUT2D eigenvalue weighted by atomic mass is 10.0. The Kier molecular flexibility index (Phi) is 56.8. The van der Waals surface area contributed by atoms with Gasteiger partial charge in [-0.15, -0.1) is 0 Å². The summed E-state index contributed by atoms with van der Waals surface area (Å²) in [7, 11) is 0. The Labute approximate surface area is 440 Å². The van der Waals surface area contributed by atoms with Gasteiger partial charge in [-0.3, -0.25) is 14.4 Å². The van der Waals surface area contributed by atoms with Crippen molar-refractivity contribution in [2.24, 2.45) is 0 Å². The zero-order chi connectivity index (χ0) is 51.4. The molecule has 0 amide bonds. The van der Waals surface area contributed by atoms with Gasteiger partial charge in [0.15, 0.2) is 6.10 Å². The molecule has 0 aromatic carbocycles. The van der Waals surface area contributed by atoms with E-state index in [1.807, 2.05) is 6.08 Å². The topological polar surface area (TPSA) is 78.9 Å². The van der Waals surface area contributed by atoms with Crippen LogP contribution >= 0.6 is 0 Å². The highest BCUT2D eigenvalue weighted by atomic mass is 16.6. The van der Waals surface area contributed by atoms with Crippen LogP contribution < -0.4 is 0 Å². The first kappa shape index (κ1) is 67.8. The lowest BCUT2D eigenvalue weighted by Crippen LogP contribution is -2.30. The normalized spacial score (nSPS) is 12.5. The zero-order valence-corrected chi connectivity index (χ0v) is 47.0. The van der Waals surface area contributed by atoms with E-state index in [0.717, 1.165) is 77.0 Å². The summed E-state index contributed by atoms with van der Waals surface area (Å²) in [6, 6.07) is 0. The standard InChI is InChI=1S/C65H114O6/c1-4-7-10-13-16-19-22-24-26-28-30-31-32-33-34-36-37-39-41-43-46-49-52-55-58-64(67)70-61-62(60-69-63(66)57-54-51-48-45-21-18-15-12-9-6-3)71-65(68)59-56-53-50-47-44-42-40-38-35-29-27-25-23-20-17-14-11-8-5-2/h8,11,17,20,25,27,35,38,42,44,50,53,62H,4-7,9-10,12-16,18-19,21-24,26,28-34,36-37,39-41,43,45-49,51-52,54-61H2,1-3H3/b11-8-,20-17-,27-25-,38-35-,44-42-,53-50-. The Hall–Kier alpha value is -3.15. The Morgan fingerprint density at radius 2 is 0.549 bits per heavy atom. The summed E-state index contributed by atoms with van der Waals surface area (Å²) in [6.45, 7) is 6.49. The molecule has 410 valence electrons. The summed E-state index contributed by atoms with van der Waals surface area (Å²) in [6.07, 6.45) is 76.4. The van der Waals surface area contributed by atoms with Crippen LogP contribution in [0.25, 0.3) is 0 Å². The van der Waals surface area contributed by atoms with E-state index in [-0.39, 0.29) is 37.5 Å². The predicted molar refractivity (Wildman–Crippen MR) is 307 cm³/mol. The molecule has 6 heteroatoms. The van der Waals surface area contributed by atoms with Crippen LogP contribution in [-0.4, -0.2) is 37.2 Å². The summed E-state index contributed by atoms with van der Waals surface area (Å²) in [5, 5.41) is 0. The monoisotopic (exact) mass is 991 g/mol. The fourth-order valence-electron chi connectivity index (χ4n) is 8.71. The van der Waals surface area contributed by atoms with Crippen LogP contribution in [0, 0.1) is 0 Å². The quantitative estimate of drug-likeness (QED) is 0.0261. The Bertz CT molecular complexity index is 1320. The minimum Gasteiger partial charge on any atom is -0.462 e. The van der Waals surface area contributed by atoms with E-state index < -0.39 is 6.10 Å². The molecule has 0 saturated heterocycles. The summed E-state index contributed by atoms with van der Waals surface area (Å²) in [4.78, 5) is 38.1. The molecule has 0 aliphatic heterocycles. The van der Waals surface area contributed by atoms with Gasteiger partial charge in [-0.1, -0.05) is 299 Å². The third-order valence-electron chi connectivity index (χ3n) is 13.2. The molecular weight excluding hydrogens is 877 g/mol. The lowest BCUT2D eigenvalue weighted by molar-refractivity contribution is -0.166. The van der Waals surface area contributed by atoms with Gasteiger partial charge in [0.1, 0.15) is 13.2 Å². The van der Waals surface area contributed by atoms with E-state index in [0.29, 0.717) is 19.3 Å². The molecule has 0 fully saturated rings. The summed E-state index contributed by atoms with van der Waals surface area (Å²) >= 11 is 0. The SMILES string of the molecule is CC/C=C\C/C=C\C/C=C\C/C=C\C/C=C\C/C=C\CCC(=O)OC(COC(=O)CCCCCCCCCCCC)COC(=O)CCCCCCCCCCCCCCCCCCCCCCCCCC.